The van der Waals surface area contributed by atoms with Crippen molar-refractivity contribution >= 4 is 23.5 Å². The number of unbranched alkanes of at least 4 members (excludes halogenated alkanes) is 4. The van der Waals surface area contributed by atoms with Gasteiger partial charge in [0, 0.05) is 12.8 Å². The number of benzene rings is 3. The molecule has 6 nitrogen and oxygen atoms in total. The van der Waals surface area contributed by atoms with Crippen LogP contribution in [0.5, 0.6) is 0 Å². The van der Waals surface area contributed by atoms with Crippen LogP contribution in [0, 0.1) is 0 Å². The lowest BCUT2D eigenvalue weighted by atomic mass is 9.99. The first-order valence-electron chi connectivity index (χ1n) is 15.0. The first-order valence-corrected chi connectivity index (χ1v) is 15.0. The molecule has 2 atom stereocenters. The molecule has 0 fully saturated rings. The maximum absolute atomic E-state index is 12.5. The number of hydrogen-bond donors (Lipinski definition) is 0. The fraction of sp³-hybridized carbons (Fsp3) is 0.389. The van der Waals surface area contributed by atoms with Gasteiger partial charge in [0.1, 0.15) is 0 Å². The summed E-state index contributed by atoms with van der Waals surface area (Å²) in [5.41, 5.74) is 4.65. The van der Waals surface area contributed by atoms with Gasteiger partial charge >= 0.3 is 11.9 Å². The van der Waals surface area contributed by atoms with Gasteiger partial charge in [-0.25, -0.2) is 9.59 Å². The lowest BCUT2D eigenvalue weighted by Gasteiger charge is -2.13. The molecule has 2 unspecified atom stereocenters. The molecule has 0 aromatic heterocycles. The van der Waals surface area contributed by atoms with Crippen molar-refractivity contribution in [3.05, 3.63) is 83.9 Å². The van der Waals surface area contributed by atoms with Crippen molar-refractivity contribution in [3.63, 3.8) is 0 Å². The van der Waals surface area contributed by atoms with Crippen LogP contribution in [-0.4, -0.2) is 35.7 Å². The average Bonchev–Trinajstić information content (AvgIpc) is 3.01. The summed E-state index contributed by atoms with van der Waals surface area (Å²) in [4.78, 5) is 49.4. The molecule has 0 amide bonds. The minimum atomic E-state index is -0.755. The summed E-state index contributed by atoms with van der Waals surface area (Å²) >= 11 is 0. The molecule has 42 heavy (non-hydrogen) atoms. The van der Waals surface area contributed by atoms with Crippen LogP contribution in [0.4, 0.5) is 0 Å². The smallest absolute Gasteiger partial charge is 0.338 e. The van der Waals surface area contributed by atoms with Crippen molar-refractivity contribution in [2.24, 2.45) is 0 Å². The second-order valence-corrected chi connectivity index (χ2v) is 10.7. The van der Waals surface area contributed by atoms with E-state index in [2.05, 4.69) is 13.8 Å². The van der Waals surface area contributed by atoms with Crippen molar-refractivity contribution in [1.82, 2.24) is 0 Å². The number of ketones is 2. The Balaban J connectivity index is 1.56. The molecule has 0 aliphatic rings. The summed E-state index contributed by atoms with van der Waals surface area (Å²) in [6, 6.07) is 22.2. The first-order chi connectivity index (χ1) is 20.2. The number of esters is 2. The molecule has 0 heterocycles. The van der Waals surface area contributed by atoms with E-state index in [1.54, 1.807) is 38.1 Å². The van der Waals surface area contributed by atoms with Gasteiger partial charge in [0.2, 0.25) is 0 Å². The average molecular weight is 571 g/mol. The number of carbonyl (C=O) groups excluding carboxylic acids is 4. The van der Waals surface area contributed by atoms with Gasteiger partial charge < -0.3 is 9.47 Å². The molecule has 222 valence electrons. The summed E-state index contributed by atoms with van der Waals surface area (Å²) in [5, 5.41) is 0. The van der Waals surface area contributed by atoms with E-state index in [0.717, 1.165) is 60.8 Å². The topological polar surface area (TPSA) is 86.7 Å². The van der Waals surface area contributed by atoms with Gasteiger partial charge in [-0.2, -0.15) is 0 Å². The maximum Gasteiger partial charge on any atom is 0.338 e. The molecular formula is C36H42O6. The zero-order valence-electron chi connectivity index (χ0n) is 25.2. The third-order valence-corrected chi connectivity index (χ3v) is 7.32. The SMILES string of the molecule is CCCCCC(=O)C(C)OC(=O)c1ccc(-c2ccc(-c3ccc(C(=O)OC(C)C(=O)CCCCC)cc3)cc2)cc1. The van der Waals surface area contributed by atoms with Crippen LogP contribution >= 0.6 is 0 Å². The van der Waals surface area contributed by atoms with E-state index in [9.17, 15) is 19.2 Å². The standard InChI is InChI=1S/C36H42O6/c1-5-7-9-11-33(37)25(3)41-35(39)31-21-17-29(18-22-31)27-13-15-28(16-14-27)30-19-23-32(24-20-30)36(40)42-26(4)34(38)12-10-8-6-2/h13-26H,5-12H2,1-4H3. The molecule has 0 saturated carbocycles. The zero-order valence-corrected chi connectivity index (χ0v) is 25.2. The van der Waals surface area contributed by atoms with E-state index in [0.29, 0.717) is 24.0 Å². The van der Waals surface area contributed by atoms with Crippen LogP contribution in [-0.2, 0) is 19.1 Å². The summed E-state index contributed by atoms with van der Waals surface area (Å²) in [5.74, 6) is -1.12. The fourth-order valence-electron chi connectivity index (χ4n) is 4.55. The lowest BCUT2D eigenvalue weighted by molar-refractivity contribution is -0.127. The van der Waals surface area contributed by atoms with E-state index in [-0.39, 0.29) is 11.6 Å². The van der Waals surface area contributed by atoms with Gasteiger partial charge in [-0.15, -0.1) is 0 Å². The highest BCUT2D eigenvalue weighted by atomic mass is 16.5. The second-order valence-electron chi connectivity index (χ2n) is 10.7. The summed E-state index contributed by atoms with van der Waals surface area (Å²) in [7, 11) is 0. The van der Waals surface area contributed by atoms with Crippen LogP contribution in [0.1, 0.15) is 99.8 Å². The quantitative estimate of drug-likeness (QED) is 0.127. The highest BCUT2D eigenvalue weighted by Gasteiger charge is 2.19. The Bertz CT molecular complexity index is 1220. The Morgan fingerprint density at radius 1 is 0.500 bits per heavy atom. The Labute approximate surface area is 249 Å². The molecule has 0 aliphatic carbocycles. The van der Waals surface area contributed by atoms with Gasteiger partial charge in [0.15, 0.2) is 23.8 Å². The van der Waals surface area contributed by atoms with Gasteiger partial charge in [-0.1, -0.05) is 88.1 Å². The van der Waals surface area contributed by atoms with Crippen molar-refractivity contribution in [2.45, 2.75) is 91.3 Å². The minimum Gasteiger partial charge on any atom is -0.451 e. The number of ether oxygens (including phenoxy) is 2. The van der Waals surface area contributed by atoms with Crippen LogP contribution in [0.15, 0.2) is 72.8 Å². The third-order valence-electron chi connectivity index (χ3n) is 7.32. The molecular weight excluding hydrogens is 528 g/mol. The minimum absolute atomic E-state index is 0.0534. The predicted molar refractivity (Wildman–Crippen MR) is 165 cm³/mol. The molecule has 3 aromatic carbocycles. The third kappa shape index (κ3) is 9.51. The molecule has 3 rings (SSSR count). The molecule has 0 radical (unpaired) electrons. The van der Waals surface area contributed by atoms with Crippen LogP contribution < -0.4 is 0 Å². The Kier molecular flexibility index (Phi) is 12.7. The fourth-order valence-corrected chi connectivity index (χ4v) is 4.55. The number of hydrogen-bond acceptors (Lipinski definition) is 6. The van der Waals surface area contributed by atoms with Gasteiger partial charge in [-0.3, -0.25) is 9.59 Å². The molecule has 0 spiro atoms. The van der Waals surface area contributed by atoms with E-state index < -0.39 is 24.1 Å². The van der Waals surface area contributed by atoms with Gasteiger partial charge in [0.05, 0.1) is 11.1 Å². The molecule has 0 saturated heterocycles. The number of carbonyl (C=O) groups is 4. The zero-order chi connectivity index (χ0) is 30.5. The highest BCUT2D eigenvalue weighted by Crippen LogP contribution is 2.26. The largest absolute Gasteiger partial charge is 0.451 e. The van der Waals surface area contributed by atoms with Crippen molar-refractivity contribution < 1.29 is 28.7 Å². The molecule has 3 aromatic rings. The summed E-state index contributed by atoms with van der Waals surface area (Å²) in [6.07, 6.45) is 5.00. The normalized spacial score (nSPS) is 12.3. The van der Waals surface area contributed by atoms with Crippen LogP contribution in [0.25, 0.3) is 22.3 Å². The molecule has 0 bridgehead atoms. The molecule has 0 aliphatic heterocycles. The van der Waals surface area contributed by atoms with E-state index >= 15 is 0 Å². The first kappa shape index (κ1) is 32.5. The van der Waals surface area contributed by atoms with Crippen molar-refractivity contribution in [3.8, 4) is 22.3 Å². The number of Topliss-reactive ketones (excluding diaryl/α,β-unsaturated/α-hetero) is 2. The van der Waals surface area contributed by atoms with Crippen LogP contribution in [0.3, 0.4) is 0 Å². The van der Waals surface area contributed by atoms with E-state index in [4.69, 9.17) is 9.47 Å². The Morgan fingerprint density at radius 3 is 1.07 bits per heavy atom. The van der Waals surface area contributed by atoms with Crippen LogP contribution in [0.2, 0.25) is 0 Å². The highest BCUT2D eigenvalue weighted by molar-refractivity contribution is 5.94. The Hall–Kier alpha value is -4.06. The van der Waals surface area contributed by atoms with E-state index in [1.807, 2.05) is 48.5 Å². The molecule has 0 N–H and O–H groups in total. The Morgan fingerprint density at radius 2 is 0.786 bits per heavy atom. The maximum atomic E-state index is 12.5. The summed E-state index contributed by atoms with van der Waals surface area (Å²) < 4.78 is 10.8. The van der Waals surface area contributed by atoms with Crippen molar-refractivity contribution in [2.75, 3.05) is 0 Å². The summed E-state index contributed by atoms with van der Waals surface area (Å²) in [6.45, 7) is 7.41. The van der Waals surface area contributed by atoms with Gasteiger partial charge in [0.25, 0.3) is 0 Å². The lowest BCUT2D eigenvalue weighted by Crippen LogP contribution is -2.24. The van der Waals surface area contributed by atoms with Crippen molar-refractivity contribution in [1.29, 1.82) is 0 Å². The number of rotatable bonds is 16. The molecule has 6 heteroatoms. The predicted octanol–water partition coefficient (Wildman–Crippen LogP) is 8.41. The van der Waals surface area contributed by atoms with Gasteiger partial charge in [-0.05, 0) is 73.2 Å². The monoisotopic (exact) mass is 570 g/mol. The second kappa shape index (κ2) is 16.4. The van der Waals surface area contributed by atoms with E-state index in [1.165, 1.54) is 0 Å².